The van der Waals surface area contributed by atoms with Gasteiger partial charge in [-0.25, -0.2) is 9.97 Å². The first-order chi connectivity index (χ1) is 12.8. The highest BCUT2D eigenvalue weighted by Crippen LogP contribution is 2.29. The van der Waals surface area contributed by atoms with Crippen molar-refractivity contribution in [2.45, 2.75) is 50.9 Å². The van der Waals surface area contributed by atoms with Crippen molar-refractivity contribution in [2.24, 2.45) is 0 Å². The Morgan fingerprint density at radius 3 is 2.67 bits per heavy atom. The predicted octanol–water partition coefficient (Wildman–Crippen LogP) is -0.646. The van der Waals surface area contributed by atoms with Crippen LogP contribution in [0.2, 0.25) is 0 Å². The number of likely N-dealkylation sites (N-methyl/N-ethyl adjacent to an activating group) is 1. The lowest BCUT2D eigenvalue weighted by atomic mass is 9.96. The molecule has 0 spiro atoms. The highest BCUT2D eigenvalue weighted by atomic mass is 16.3. The van der Waals surface area contributed by atoms with E-state index in [-0.39, 0.29) is 0 Å². The molecule has 1 aliphatic heterocycles. The summed E-state index contributed by atoms with van der Waals surface area (Å²) in [7, 11) is 1.84. The van der Waals surface area contributed by atoms with E-state index >= 15 is 0 Å². The highest BCUT2D eigenvalue weighted by Gasteiger charge is 2.46. The van der Waals surface area contributed by atoms with E-state index in [0.29, 0.717) is 38.3 Å². The van der Waals surface area contributed by atoms with Crippen LogP contribution in [0, 0.1) is 0 Å². The van der Waals surface area contributed by atoms with Gasteiger partial charge in [0.15, 0.2) is 0 Å². The Morgan fingerprint density at radius 2 is 2.11 bits per heavy atom. The van der Waals surface area contributed by atoms with Crippen LogP contribution in [0.15, 0.2) is 18.5 Å². The summed E-state index contributed by atoms with van der Waals surface area (Å²) in [4.78, 5) is 48.2. The number of hydrogen-bond acceptors (Lipinski definition) is 7. The zero-order valence-electron chi connectivity index (χ0n) is 16.0. The first kappa shape index (κ1) is 20.9. The maximum atomic E-state index is 13.0. The molecule has 2 heterocycles. The highest BCUT2D eigenvalue weighted by molar-refractivity contribution is 5.90. The third kappa shape index (κ3) is 5.08. The molecule has 0 aromatic carbocycles. The smallest absolute Gasteiger partial charge is 0.248 e. The fraction of sp³-hybridized carbons (Fsp3) is 0.611. The van der Waals surface area contributed by atoms with Gasteiger partial charge in [-0.2, -0.15) is 0 Å². The minimum absolute atomic E-state index is 0.313. The van der Waals surface area contributed by atoms with Crippen molar-refractivity contribution < 1.29 is 19.5 Å². The van der Waals surface area contributed by atoms with Gasteiger partial charge in [0.1, 0.15) is 23.7 Å². The molecule has 148 valence electrons. The Labute approximate surface area is 158 Å². The van der Waals surface area contributed by atoms with Crippen LogP contribution in [0.4, 0.5) is 0 Å². The summed E-state index contributed by atoms with van der Waals surface area (Å²) < 4.78 is 0. The number of aliphatic hydroxyl groups is 1. The minimum atomic E-state index is -1.08. The van der Waals surface area contributed by atoms with E-state index in [0.717, 1.165) is 6.29 Å². The topological polar surface area (TPSA) is 116 Å². The lowest BCUT2D eigenvalue weighted by Gasteiger charge is -2.39. The fourth-order valence-electron chi connectivity index (χ4n) is 3.51. The zero-order chi connectivity index (χ0) is 20.0. The molecule has 1 aromatic heterocycles. The number of amides is 2. The van der Waals surface area contributed by atoms with Gasteiger partial charge in [-0.15, -0.1) is 0 Å². The molecule has 2 N–H and O–H groups in total. The second kappa shape index (κ2) is 9.01. The Morgan fingerprint density at radius 1 is 1.44 bits per heavy atom. The van der Waals surface area contributed by atoms with Gasteiger partial charge >= 0.3 is 0 Å². The summed E-state index contributed by atoms with van der Waals surface area (Å²) in [6, 6.07) is 0.647. The lowest BCUT2D eigenvalue weighted by Crippen LogP contribution is -2.61. The first-order valence-electron chi connectivity index (χ1n) is 8.96. The fourth-order valence-corrected chi connectivity index (χ4v) is 3.51. The van der Waals surface area contributed by atoms with Crippen molar-refractivity contribution in [1.29, 1.82) is 0 Å². The number of hydrogen-bond donors (Lipinski definition) is 2. The second-order valence-corrected chi connectivity index (χ2v) is 7.07. The second-order valence-electron chi connectivity index (χ2n) is 7.07. The SMILES string of the molecule is CC(=O)NC(C(=O)N1CCCC1(C=O)CN(C)Cc1ncccn1)C(C)O. The molecule has 0 radical (unpaired) electrons. The molecule has 0 saturated carbocycles. The minimum Gasteiger partial charge on any atom is -0.391 e. The predicted molar refractivity (Wildman–Crippen MR) is 97.4 cm³/mol. The van der Waals surface area contributed by atoms with Crippen LogP contribution in [0.1, 0.15) is 32.5 Å². The van der Waals surface area contributed by atoms with Gasteiger partial charge in [0.05, 0.1) is 12.6 Å². The summed E-state index contributed by atoms with van der Waals surface area (Å²) in [5, 5.41) is 12.4. The molecule has 2 rings (SSSR count). The number of carbonyl (C=O) groups is 3. The van der Waals surface area contributed by atoms with Crippen LogP contribution in [0.25, 0.3) is 0 Å². The summed E-state index contributed by atoms with van der Waals surface area (Å²) in [6.07, 6.45) is 4.23. The number of rotatable bonds is 8. The Bertz CT molecular complexity index is 669. The Kier molecular flexibility index (Phi) is 6.98. The molecule has 1 aliphatic rings. The monoisotopic (exact) mass is 377 g/mol. The van der Waals surface area contributed by atoms with Crippen LogP contribution in [0.5, 0.6) is 0 Å². The molecular formula is C18H27N5O4. The Balaban J connectivity index is 2.16. The van der Waals surface area contributed by atoms with Crippen molar-refractivity contribution in [2.75, 3.05) is 20.1 Å². The quantitative estimate of drug-likeness (QED) is 0.579. The zero-order valence-corrected chi connectivity index (χ0v) is 16.0. The molecule has 0 aliphatic carbocycles. The largest absolute Gasteiger partial charge is 0.391 e. The third-order valence-electron chi connectivity index (χ3n) is 4.70. The van der Waals surface area contributed by atoms with Crippen molar-refractivity contribution >= 4 is 18.1 Å². The first-order valence-corrected chi connectivity index (χ1v) is 8.96. The number of aromatic nitrogens is 2. The maximum Gasteiger partial charge on any atom is 0.248 e. The molecule has 3 atom stereocenters. The number of carbonyl (C=O) groups excluding carboxylic acids is 3. The van der Waals surface area contributed by atoms with E-state index in [1.54, 1.807) is 18.5 Å². The van der Waals surface area contributed by atoms with Gasteiger partial charge in [-0.3, -0.25) is 14.5 Å². The van der Waals surface area contributed by atoms with Gasteiger partial charge in [0.25, 0.3) is 0 Å². The normalized spacial score (nSPS) is 21.7. The average Bonchev–Trinajstić information content (AvgIpc) is 3.03. The molecular weight excluding hydrogens is 350 g/mol. The number of aliphatic hydroxyl groups excluding tert-OH is 1. The van der Waals surface area contributed by atoms with Crippen LogP contribution in [0.3, 0.4) is 0 Å². The van der Waals surface area contributed by atoms with Crippen LogP contribution in [-0.4, -0.2) is 80.8 Å². The van der Waals surface area contributed by atoms with E-state index in [9.17, 15) is 19.5 Å². The molecule has 2 amide bonds. The average molecular weight is 377 g/mol. The maximum absolute atomic E-state index is 13.0. The van der Waals surface area contributed by atoms with E-state index in [1.807, 2.05) is 11.9 Å². The molecule has 9 nitrogen and oxygen atoms in total. The van der Waals surface area contributed by atoms with E-state index < -0.39 is 29.5 Å². The number of likely N-dealkylation sites (tertiary alicyclic amines) is 1. The van der Waals surface area contributed by atoms with Crippen LogP contribution < -0.4 is 5.32 Å². The van der Waals surface area contributed by atoms with Crippen molar-refractivity contribution in [1.82, 2.24) is 25.1 Å². The number of aldehydes is 1. The lowest BCUT2D eigenvalue weighted by molar-refractivity contribution is -0.146. The van der Waals surface area contributed by atoms with Crippen LogP contribution in [-0.2, 0) is 20.9 Å². The van der Waals surface area contributed by atoms with Gasteiger partial charge in [0, 0.05) is 32.4 Å². The van der Waals surface area contributed by atoms with Crippen molar-refractivity contribution in [3.8, 4) is 0 Å². The summed E-state index contributed by atoms with van der Waals surface area (Å²) in [5.74, 6) is -0.241. The van der Waals surface area contributed by atoms with Gasteiger partial charge < -0.3 is 20.1 Å². The molecule has 3 unspecified atom stereocenters. The Hall–Kier alpha value is -2.39. The molecule has 0 bridgehead atoms. The van der Waals surface area contributed by atoms with Crippen LogP contribution >= 0.6 is 0 Å². The molecule has 1 saturated heterocycles. The van der Waals surface area contributed by atoms with Crippen molar-refractivity contribution in [3.05, 3.63) is 24.3 Å². The number of nitrogens with one attached hydrogen (secondary N) is 1. The molecule has 9 heteroatoms. The molecule has 1 fully saturated rings. The standard InChI is InChI=1S/C18H27N5O4/c1-13(25)16(21-14(2)26)17(27)23-9-4-6-18(23,12-24)11-22(3)10-15-19-7-5-8-20-15/h5,7-8,12-13,16,25H,4,6,9-11H2,1-3H3,(H,21,26). The third-order valence-corrected chi connectivity index (χ3v) is 4.70. The van der Waals surface area contributed by atoms with E-state index in [4.69, 9.17) is 0 Å². The van der Waals surface area contributed by atoms with E-state index in [1.165, 1.54) is 18.7 Å². The summed E-state index contributed by atoms with van der Waals surface area (Å²) >= 11 is 0. The molecule has 27 heavy (non-hydrogen) atoms. The van der Waals surface area contributed by atoms with Gasteiger partial charge in [0.2, 0.25) is 11.8 Å². The molecule has 1 aromatic rings. The summed E-state index contributed by atoms with van der Waals surface area (Å²) in [6.45, 7) is 3.87. The van der Waals surface area contributed by atoms with Gasteiger partial charge in [-0.1, -0.05) is 0 Å². The van der Waals surface area contributed by atoms with Gasteiger partial charge in [-0.05, 0) is 32.9 Å². The van der Waals surface area contributed by atoms with E-state index in [2.05, 4.69) is 15.3 Å². The van der Waals surface area contributed by atoms with Crippen molar-refractivity contribution in [3.63, 3.8) is 0 Å². The number of nitrogens with zero attached hydrogens (tertiary/aromatic N) is 4. The summed E-state index contributed by atoms with van der Waals surface area (Å²) in [5.41, 5.74) is -1.01.